The van der Waals surface area contributed by atoms with E-state index in [9.17, 15) is 4.79 Å². The summed E-state index contributed by atoms with van der Waals surface area (Å²) < 4.78 is 5.10. The van der Waals surface area contributed by atoms with Gasteiger partial charge in [0, 0.05) is 28.2 Å². The molecule has 0 unspecified atom stereocenters. The molecule has 0 amide bonds. The van der Waals surface area contributed by atoms with E-state index in [1.807, 2.05) is 26.0 Å². The largest absolute Gasteiger partial charge is 0.461 e. The van der Waals surface area contributed by atoms with Crippen molar-refractivity contribution < 1.29 is 9.53 Å². The number of aryl methyl sites for hydroxylation is 1. The monoisotopic (exact) mass is 370 g/mol. The lowest BCUT2D eigenvalue weighted by atomic mass is 10.1. The molecule has 3 rings (SSSR count). The van der Waals surface area contributed by atoms with Gasteiger partial charge in [-0.2, -0.15) is 0 Å². The Labute approximate surface area is 156 Å². The van der Waals surface area contributed by atoms with Gasteiger partial charge in [0.05, 0.1) is 12.3 Å². The first-order valence-corrected chi connectivity index (χ1v) is 8.59. The number of anilines is 2. The van der Waals surface area contributed by atoms with Crippen LogP contribution >= 0.6 is 11.6 Å². The van der Waals surface area contributed by atoms with Gasteiger partial charge in [0.25, 0.3) is 0 Å². The van der Waals surface area contributed by atoms with Crippen molar-refractivity contribution in [1.82, 2.24) is 15.0 Å². The Morgan fingerprint density at radius 3 is 2.85 bits per heavy atom. The zero-order valence-electron chi connectivity index (χ0n) is 14.8. The van der Waals surface area contributed by atoms with Crippen molar-refractivity contribution in [2.45, 2.75) is 20.8 Å². The summed E-state index contributed by atoms with van der Waals surface area (Å²) in [5.74, 6) is 0.0770. The van der Waals surface area contributed by atoms with Crippen LogP contribution in [0.1, 0.15) is 28.7 Å². The molecule has 0 fully saturated rings. The lowest BCUT2D eigenvalue weighted by molar-refractivity contribution is 0.0519. The molecule has 0 bridgehead atoms. The van der Waals surface area contributed by atoms with Gasteiger partial charge in [0.15, 0.2) is 0 Å². The number of hydrogen-bond donors (Lipinski definition) is 2. The minimum Gasteiger partial charge on any atom is -0.461 e. The standard InChI is InChI=1S/C19H19ClN4O2/c1-4-26-18(25)17-11(2)16(12(3)22-17)15-8-9-21-19(24-15)23-14-7-5-6-13(20)10-14/h5-10,22H,4H2,1-3H3,(H,21,23,24). The highest BCUT2D eigenvalue weighted by Crippen LogP contribution is 2.29. The normalized spacial score (nSPS) is 10.6. The first-order valence-electron chi connectivity index (χ1n) is 8.22. The molecule has 2 N–H and O–H groups in total. The topological polar surface area (TPSA) is 79.9 Å². The van der Waals surface area contributed by atoms with Crippen LogP contribution in [0.4, 0.5) is 11.6 Å². The number of esters is 1. The van der Waals surface area contributed by atoms with Crippen molar-refractivity contribution in [3.05, 3.63) is 58.5 Å². The third-order valence-corrected chi connectivity index (χ3v) is 4.14. The predicted molar refractivity (Wildman–Crippen MR) is 102 cm³/mol. The fourth-order valence-corrected chi connectivity index (χ4v) is 2.99. The molecule has 0 atom stereocenters. The molecule has 0 aliphatic heterocycles. The maximum absolute atomic E-state index is 12.1. The van der Waals surface area contributed by atoms with Crippen LogP contribution in [0.2, 0.25) is 5.02 Å². The van der Waals surface area contributed by atoms with Crippen molar-refractivity contribution in [1.29, 1.82) is 0 Å². The Hall–Kier alpha value is -2.86. The lowest BCUT2D eigenvalue weighted by Gasteiger charge is -2.08. The zero-order valence-corrected chi connectivity index (χ0v) is 15.5. The molecule has 0 spiro atoms. The second-order valence-corrected chi connectivity index (χ2v) is 6.18. The molecule has 0 aliphatic rings. The van der Waals surface area contributed by atoms with Crippen LogP contribution < -0.4 is 5.32 Å². The highest BCUT2D eigenvalue weighted by molar-refractivity contribution is 6.30. The number of carbonyl (C=O) groups excluding carboxylic acids is 1. The summed E-state index contributed by atoms with van der Waals surface area (Å²) in [4.78, 5) is 24.0. The van der Waals surface area contributed by atoms with Crippen molar-refractivity contribution in [2.24, 2.45) is 0 Å². The quantitative estimate of drug-likeness (QED) is 0.638. The van der Waals surface area contributed by atoms with Crippen LogP contribution in [0.25, 0.3) is 11.3 Å². The van der Waals surface area contributed by atoms with Gasteiger partial charge >= 0.3 is 5.97 Å². The van der Waals surface area contributed by atoms with Gasteiger partial charge in [-0.3, -0.25) is 0 Å². The van der Waals surface area contributed by atoms with E-state index in [0.717, 1.165) is 22.5 Å². The van der Waals surface area contributed by atoms with E-state index in [1.165, 1.54) is 0 Å². The van der Waals surface area contributed by atoms with Crippen LogP contribution in [0, 0.1) is 13.8 Å². The van der Waals surface area contributed by atoms with Crippen LogP contribution in [0.5, 0.6) is 0 Å². The summed E-state index contributed by atoms with van der Waals surface area (Å²) >= 11 is 6.01. The lowest BCUT2D eigenvalue weighted by Crippen LogP contribution is -2.06. The molecule has 134 valence electrons. The van der Waals surface area contributed by atoms with Crippen molar-refractivity contribution in [2.75, 3.05) is 11.9 Å². The molecule has 3 aromatic rings. The van der Waals surface area contributed by atoms with Crippen LogP contribution in [-0.4, -0.2) is 27.5 Å². The summed E-state index contributed by atoms with van der Waals surface area (Å²) in [6.07, 6.45) is 1.67. The average Bonchev–Trinajstić information content (AvgIpc) is 2.90. The summed E-state index contributed by atoms with van der Waals surface area (Å²) in [7, 11) is 0. The first-order chi connectivity index (χ1) is 12.5. The minimum atomic E-state index is -0.370. The maximum atomic E-state index is 12.1. The van der Waals surface area contributed by atoms with Crippen LogP contribution in [-0.2, 0) is 4.74 Å². The van der Waals surface area contributed by atoms with Crippen LogP contribution in [0.3, 0.4) is 0 Å². The highest BCUT2D eigenvalue weighted by Gasteiger charge is 2.20. The summed E-state index contributed by atoms with van der Waals surface area (Å²) in [6, 6.07) is 9.13. The Morgan fingerprint density at radius 1 is 1.31 bits per heavy atom. The molecular weight excluding hydrogens is 352 g/mol. The van der Waals surface area contributed by atoms with E-state index >= 15 is 0 Å². The number of nitrogens with one attached hydrogen (secondary N) is 2. The fourth-order valence-electron chi connectivity index (χ4n) is 2.80. The second kappa shape index (κ2) is 7.58. The van der Waals surface area contributed by atoms with Gasteiger partial charge in [-0.25, -0.2) is 14.8 Å². The van der Waals surface area contributed by atoms with Crippen LogP contribution in [0.15, 0.2) is 36.5 Å². The van der Waals surface area contributed by atoms with Crippen molar-refractivity contribution in [3.63, 3.8) is 0 Å². The van der Waals surface area contributed by atoms with E-state index in [4.69, 9.17) is 16.3 Å². The summed E-state index contributed by atoms with van der Waals surface area (Å²) in [5.41, 5.74) is 4.47. The van der Waals surface area contributed by atoms with Gasteiger partial charge in [0.2, 0.25) is 5.95 Å². The van der Waals surface area contributed by atoms with Crippen molar-refractivity contribution in [3.8, 4) is 11.3 Å². The molecule has 6 nitrogen and oxygen atoms in total. The highest BCUT2D eigenvalue weighted by atomic mass is 35.5. The molecular formula is C19H19ClN4O2. The maximum Gasteiger partial charge on any atom is 0.355 e. The van der Waals surface area contributed by atoms with Crippen molar-refractivity contribution >= 4 is 29.2 Å². The van der Waals surface area contributed by atoms with E-state index in [2.05, 4.69) is 20.3 Å². The first kappa shape index (κ1) is 17.9. The summed E-state index contributed by atoms with van der Waals surface area (Å²) in [5, 5.41) is 3.76. The van der Waals surface area contributed by atoms with E-state index in [-0.39, 0.29) is 5.97 Å². The Balaban J connectivity index is 1.94. The smallest absolute Gasteiger partial charge is 0.355 e. The van der Waals surface area contributed by atoms with Gasteiger partial charge in [0.1, 0.15) is 5.69 Å². The van der Waals surface area contributed by atoms with Gasteiger partial charge < -0.3 is 15.0 Å². The molecule has 0 aliphatic carbocycles. The summed E-state index contributed by atoms with van der Waals surface area (Å²) in [6.45, 7) is 5.88. The number of aromatic nitrogens is 3. The molecule has 7 heteroatoms. The third kappa shape index (κ3) is 3.70. The van der Waals surface area contributed by atoms with Gasteiger partial charge in [-0.05, 0) is 50.6 Å². The molecule has 1 aromatic carbocycles. The number of hydrogen-bond acceptors (Lipinski definition) is 5. The number of carbonyl (C=O) groups is 1. The SMILES string of the molecule is CCOC(=O)c1[nH]c(C)c(-c2ccnc(Nc3cccc(Cl)c3)n2)c1C. The van der Waals surface area contributed by atoms with Gasteiger partial charge in [-0.15, -0.1) is 0 Å². The van der Waals surface area contributed by atoms with E-state index < -0.39 is 0 Å². The number of rotatable bonds is 5. The molecule has 0 saturated heterocycles. The van der Waals surface area contributed by atoms with E-state index in [1.54, 1.807) is 31.3 Å². The Morgan fingerprint density at radius 2 is 2.12 bits per heavy atom. The Kier molecular flexibility index (Phi) is 5.23. The number of H-pyrrole nitrogens is 1. The predicted octanol–water partition coefficient (Wildman–Crippen LogP) is 4.66. The molecule has 0 radical (unpaired) electrons. The van der Waals surface area contributed by atoms with Gasteiger partial charge in [-0.1, -0.05) is 17.7 Å². The third-order valence-electron chi connectivity index (χ3n) is 3.91. The number of aromatic amines is 1. The average molecular weight is 371 g/mol. The Bertz CT molecular complexity index is 952. The number of nitrogens with zero attached hydrogens (tertiary/aromatic N) is 2. The second-order valence-electron chi connectivity index (χ2n) is 5.75. The number of benzene rings is 1. The zero-order chi connectivity index (χ0) is 18.7. The molecule has 0 saturated carbocycles. The number of halogens is 1. The number of ether oxygens (including phenoxy) is 1. The molecule has 2 heterocycles. The minimum absolute atomic E-state index is 0.326. The molecule has 26 heavy (non-hydrogen) atoms. The molecule has 2 aromatic heterocycles. The van der Waals surface area contributed by atoms with E-state index in [0.29, 0.717) is 29.0 Å². The fraction of sp³-hybridized carbons (Fsp3) is 0.211.